The van der Waals surface area contributed by atoms with Crippen molar-refractivity contribution in [1.82, 2.24) is 5.32 Å². The molecule has 2 aliphatic carbocycles. The molecule has 1 heterocycles. The summed E-state index contributed by atoms with van der Waals surface area (Å²) in [6.07, 6.45) is 15.5. The van der Waals surface area contributed by atoms with Crippen molar-refractivity contribution in [2.45, 2.75) is 83.6 Å². The molecule has 1 N–H and O–H groups in total. The van der Waals surface area contributed by atoms with Gasteiger partial charge in [0.1, 0.15) is 0 Å². The molecule has 21 heavy (non-hydrogen) atoms. The molecule has 2 saturated carbocycles. The zero-order valence-electron chi connectivity index (χ0n) is 13.6. The Morgan fingerprint density at radius 3 is 2.52 bits per heavy atom. The third kappa shape index (κ3) is 4.56. The Kier molecular flexibility index (Phi) is 5.39. The van der Waals surface area contributed by atoms with E-state index in [0.717, 1.165) is 6.04 Å². The molecule has 0 aromatic carbocycles. The SMILES string of the molecule is CCc1ccc(CCC2(CCNC3CC3)CCCCC2)s1. The minimum atomic E-state index is 0.649. The standard InChI is InChI=1S/C19H31NS/c1-2-17-8-9-18(21-17)10-13-19(11-4-3-5-12-19)14-15-20-16-6-7-16/h8-9,16,20H,2-7,10-15H2,1H3. The fraction of sp³-hybridized carbons (Fsp3) is 0.789. The molecule has 2 fully saturated rings. The predicted octanol–water partition coefficient (Wildman–Crippen LogP) is 5.34. The summed E-state index contributed by atoms with van der Waals surface area (Å²) in [6, 6.07) is 5.58. The minimum Gasteiger partial charge on any atom is -0.314 e. The van der Waals surface area contributed by atoms with Crippen LogP contribution < -0.4 is 5.32 Å². The van der Waals surface area contributed by atoms with E-state index in [4.69, 9.17) is 0 Å². The van der Waals surface area contributed by atoms with Crippen molar-refractivity contribution < 1.29 is 0 Å². The highest BCUT2D eigenvalue weighted by Crippen LogP contribution is 2.43. The van der Waals surface area contributed by atoms with Gasteiger partial charge in [-0.1, -0.05) is 26.2 Å². The van der Waals surface area contributed by atoms with Crippen LogP contribution in [0.2, 0.25) is 0 Å². The van der Waals surface area contributed by atoms with Crippen molar-refractivity contribution >= 4 is 11.3 Å². The van der Waals surface area contributed by atoms with Gasteiger partial charge in [0.25, 0.3) is 0 Å². The van der Waals surface area contributed by atoms with Gasteiger partial charge in [0, 0.05) is 15.8 Å². The highest BCUT2D eigenvalue weighted by molar-refractivity contribution is 7.11. The number of hydrogen-bond donors (Lipinski definition) is 1. The van der Waals surface area contributed by atoms with E-state index >= 15 is 0 Å². The quantitative estimate of drug-likeness (QED) is 0.684. The largest absolute Gasteiger partial charge is 0.314 e. The molecule has 0 spiro atoms. The van der Waals surface area contributed by atoms with Crippen molar-refractivity contribution in [2.75, 3.05) is 6.54 Å². The summed E-state index contributed by atoms with van der Waals surface area (Å²) in [6.45, 7) is 3.52. The fourth-order valence-electron chi connectivity index (χ4n) is 3.89. The molecule has 0 bridgehead atoms. The molecule has 1 nitrogen and oxygen atoms in total. The highest BCUT2D eigenvalue weighted by atomic mass is 32.1. The smallest absolute Gasteiger partial charge is 0.00682 e. The molecular formula is C19H31NS. The summed E-state index contributed by atoms with van der Waals surface area (Å²) in [7, 11) is 0. The summed E-state index contributed by atoms with van der Waals surface area (Å²) in [5, 5.41) is 3.74. The van der Waals surface area contributed by atoms with Gasteiger partial charge in [-0.05, 0) is 75.5 Å². The van der Waals surface area contributed by atoms with Gasteiger partial charge in [-0.3, -0.25) is 0 Å². The molecule has 3 rings (SSSR count). The first-order valence-corrected chi connectivity index (χ1v) is 9.92. The van der Waals surface area contributed by atoms with E-state index in [1.165, 1.54) is 77.2 Å². The molecule has 2 aliphatic rings. The fourth-order valence-corrected chi connectivity index (χ4v) is 4.85. The summed E-state index contributed by atoms with van der Waals surface area (Å²) in [5.74, 6) is 0. The summed E-state index contributed by atoms with van der Waals surface area (Å²) in [4.78, 5) is 3.17. The van der Waals surface area contributed by atoms with Crippen LogP contribution in [0.25, 0.3) is 0 Å². The van der Waals surface area contributed by atoms with Crippen molar-refractivity contribution in [3.05, 3.63) is 21.9 Å². The van der Waals surface area contributed by atoms with Crippen molar-refractivity contribution in [2.24, 2.45) is 5.41 Å². The molecule has 118 valence electrons. The molecule has 2 heteroatoms. The minimum absolute atomic E-state index is 0.649. The van der Waals surface area contributed by atoms with Gasteiger partial charge in [0.05, 0.1) is 0 Å². The lowest BCUT2D eigenvalue weighted by atomic mass is 9.69. The molecule has 0 atom stereocenters. The maximum Gasteiger partial charge on any atom is 0.00682 e. The van der Waals surface area contributed by atoms with Gasteiger partial charge in [-0.15, -0.1) is 11.3 Å². The van der Waals surface area contributed by atoms with Gasteiger partial charge in [-0.25, -0.2) is 0 Å². The van der Waals surface area contributed by atoms with Crippen LogP contribution in [0.3, 0.4) is 0 Å². The first-order chi connectivity index (χ1) is 10.3. The Morgan fingerprint density at radius 2 is 1.86 bits per heavy atom. The number of thiophene rings is 1. The highest BCUT2D eigenvalue weighted by Gasteiger charge is 2.32. The normalized spacial score (nSPS) is 21.6. The lowest BCUT2D eigenvalue weighted by molar-refractivity contribution is 0.157. The first kappa shape index (κ1) is 15.6. The molecule has 0 aliphatic heterocycles. The average Bonchev–Trinajstić information content (AvgIpc) is 3.22. The number of hydrogen-bond acceptors (Lipinski definition) is 2. The topological polar surface area (TPSA) is 12.0 Å². The second-order valence-corrected chi connectivity index (χ2v) is 8.51. The van der Waals surface area contributed by atoms with Gasteiger partial charge in [0.15, 0.2) is 0 Å². The van der Waals surface area contributed by atoms with E-state index in [9.17, 15) is 0 Å². The molecule has 0 amide bonds. The van der Waals surface area contributed by atoms with E-state index in [-0.39, 0.29) is 0 Å². The van der Waals surface area contributed by atoms with E-state index in [1.807, 2.05) is 11.3 Å². The van der Waals surface area contributed by atoms with Crippen LogP contribution in [0, 0.1) is 5.41 Å². The van der Waals surface area contributed by atoms with Crippen LogP contribution in [-0.2, 0) is 12.8 Å². The third-order valence-electron chi connectivity index (χ3n) is 5.55. The van der Waals surface area contributed by atoms with Crippen LogP contribution in [0.1, 0.15) is 74.5 Å². The van der Waals surface area contributed by atoms with E-state index < -0.39 is 0 Å². The van der Waals surface area contributed by atoms with Crippen LogP contribution in [0.5, 0.6) is 0 Å². The Morgan fingerprint density at radius 1 is 1.10 bits per heavy atom. The van der Waals surface area contributed by atoms with Crippen LogP contribution >= 0.6 is 11.3 Å². The van der Waals surface area contributed by atoms with E-state index in [0.29, 0.717) is 5.41 Å². The summed E-state index contributed by atoms with van der Waals surface area (Å²) in [5.41, 5.74) is 0.649. The molecule has 0 radical (unpaired) electrons. The Balaban J connectivity index is 1.52. The van der Waals surface area contributed by atoms with Gasteiger partial charge < -0.3 is 5.32 Å². The number of rotatable bonds is 8. The third-order valence-corrected chi connectivity index (χ3v) is 6.84. The van der Waals surface area contributed by atoms with Crippen molar-refractivity contribution in [1.29, 1.82) is 0 Å². The maximum atomic E-state index is 3.74. The van der Waals surface area contributed by atoms with Gasteiger partial charge in [-0.2, -0.15) is 0 Å². The van der Waals surface area contributed by atoms with Gasteiger partial charge >= 0.3 is 0 Å². The maximum absolute atomic E-state index is 3.74. The lowest BCUT2D eigenvalue weighted by Gasteiger charge is -2.38. The molecular weight excluding hydrogens is 274 g/mol. The van der Waals surface area contributed by atoms with Crippen LogP contribution in [-0.4, -0.2) is 12.6 Å². The Labute approximate surface area is 134 Å². The Hall–Kier alpha value is -0.340. The predicted molar refractivity (Wildman–Crippen MR) is 93.2 cm³/mol. The van der Waals surface area contributed by atoms with Crippen LogP contribution in [0.4, 0.5) is 0 Å². The Bertz CT molecular complexity index is 427. The zero-order valence-corrected chi connectivity index (χ0v) is 14.4. The van der Waals surface area contributed by atoms with Crippen molar-refractivity contribution in [3.8, 4) is 0 Å². The molecule has 0 saturated heterocycles. The number of aryl methyl sites for hydroxylation is 2. The molecule has 1 aromatic heterocycles. The average molecular weight is 306 g/mol. The second-order valence-electron chi connectivity index (χ2n) is 7.26. The van der Waals surface area contributed by atoms with Crippen LogP contribution in [0.15, 0.2) is 12.1 Å². The number of nitrogens with one attached hydrogen (secondary N) is 1. The summed E-state index contributed by atoms with van der Waals surface area (Å²) < 4.78 is 0. The van der Waals surface area contributed by atoms with Gasteiger partial charge in [0.2, 0.25) is 0 Å². The monoisotopic (exact) mass is 305 g/mol. The molecule has 1 aromatic rings. The molecule has 0 unspecified atom stereocenters. The lowest BCUT2D eigenvalue weighted by Crippen LogP contribution is -2.30. The van der Waals surface area contributed by atoms with Crippen molar-refractivity contribution in [3.63, 3.8) is 0 Å². The van der Waals surface area contributed by atoms with E-state index in [1.54, 1.807) is 9.75 Å². The zero-order chi connectivity index (χ0) is 14.5. The first-order valence-electron chi connectivity index (χ1n) is 9.11. The second kappa shape index (κ2) is 7.28. The summed E-state index contributed by atoms with van der Waals surface area (Å²) >= 11 is 2.04. The van der Waals surface area contributed by atoms with E-state index in [2.05, 4.69) is 24.4 Å².